The van der Waals surface area contributed by atoms with E-state index in [2.05, 4.69) is 29.1 Å². The lowest BCUT2D eigenvalue weighted by Crippen LogP contribution is -2.27. The average molecular weight is 395 g/mol. The summed E-state index contributed by atoms with van der Waals surface area (Å²) in [5.41, 5.74) is 4.99. The summed E-state index contributed by atoms with van der Waals surface area (Å²) in [6, 6.07) is 8.38. The number of hydrogen-bond acceptors (Lipinski definition) is 3. The number of sulfonamides is 1. The molecule has 0 saturated carbocycles. The highest BCUT2D eigenvalue weighted by atomic mass is 35.5. The molecule has 0 aliphatic rings. The molecule has 0 aromatic heterocycles. The Morgan fingerprint density at radius 1 is 1.04 bits per heavy atom. The van der Waals surface area contributed by atoms with E-state index < -0.39 is 10.0 Å². The molecule has 2 rings (SSSR count). The van der Waals surface area contributed by atoms with Crippen LogP contribution in [0.1, 0.15) is 45.6 Å². The van der Waals surface area contributed by atoms with Gasteiger partial charge in [0.2, 0.25) is 10.0 Å². The van der Waals surface area contributed by atoms with Crippen LogP contribution in [0.4, 0.5) is 5.69 Å². The van der Waals surface area contributed by atoms with E-state index in [4.69, 9.17) is 11.6 Å². The van der Waals surface area contributed by atoms with Gasteiger partial charge in [-0.15, -0.1) is 0 Å². The van der Waals surface area contributed by atoms with Gasteiger partial charge in [0, 0.05) is 5.69 Å². The van der Waals surface area contributed by atoms with Crippen LogP contribution in [-0.4, -0.2) is 20.6 Å². The van der Waals surface area contributed by atoms with E-state index >= 15 is 0 Å². The summed E-state index contributed by atoms with van der Waals surface area (Å²) < 4.78 is 25.1. The lowest BCUT2D eigenvalue weighted by atomic mass is 9.96. The van der Waals surface area contributed by atoms with Crippen molar-refractivity contribution in [2.45, 2.75) is 33.7 Å². The number of halogens is 1. The molecular weight excluding hydrogens is 372 g/mol. The highest BCUT2D eigenvalue weighted by Crippen LogP contribution is 2.25. The van der Waals surface area contributed by atoms with Crippen LogP contribution in [0.25, 0.3) is 0 Å². The number of benzene rings is 2. The van der Waals surface area contributed by atoms with Gasteiger partial charge in [-0.1, -0.05) is 23.7 Å². The smallest absolute Gasteiger partial charge is 0.253 e. The lowest BCUT2D eigenvalue weighted by molar-refractivity contribution is 0.0940. The summed E-state index contributed by atoms with van der Waals surface area (Å²) in [7, 11) is -3.44. The quantitative estimate of drug-likeness (QED) is 0.800. The second kappa shape index (κ2) is 7.68. The molecule has 2 aromatic rings. The molecular formula is C19H23ClN2O3S. The Bertz CT molecular complexity index is 955. The van der Waals surface area contributed by atoms with Gasteiger partial charge in [0.05, 0.1) is 22.9 Å². The molecule has 0 aliphatic carbocycles. The van der Waals surface area contributed by atoms with Gasteiger partial charge in [0.25, 0.3) is 5.91 Å². The fourth-order valence-electron chi connectivity index (χ4n) is 2.78. The highest BCUT2D eigenvalue weighted by molar-refractivity contribution is 7.92. The molecule has 2 aromatic carbocycles. The first-order valence-electron chi connectivity index (χ1n) is 8.14. The minimum absolute atomic E-state index is 0.216. The highest BCUT2D eigenvalue weighted by Gasteiger charge is 2.17. The van der Waals surface area contributed by atoms with Crippen LogP contribution in [0.15, 0.2) is 30.3 Å². The maximum absolute atomic E-state index is 12.7. The van der Waals surface area contributed by atoms with E-state index in [0.29, 0.717) is 0 Å². The fraction of sp³-hybridized carbons (Fsp3) is 0.316. The molecule has 140 valence electrons. The van der Waals surface area contributed by atoms with E-state index in [9.17, 15) is 13.2 Å². The fourth-order valence-corrected chi connectivity index (χ4v) is 3.54. The molecule has 1 amide bonds. The molecule has 0 bridgehead atoms. The van der Waals surface area contributed by atoms with Gasteiger partial charge in [0.15, 0.2) is 0 Å². The molecule has 5 nitrogen and oxygen atoms in total. The van der Waals surface area contributed by atoms with Gasteiger partial charge >= 0.3 is 0 Å². The number of nitrogens with one attached hydrogen (secondary N) is 2. The van der Waals surface area contributed by atoms with Crippen LogP contribution in [-0.2, 0) is 10.0 Å². The molecule has 0 aliphatic heterocycles. The van der Waals surface area contributed by atoms with Gasteiger partial charge in [0.1, 0.15) is 0 Å². The maximum Gasteiger partial charge on any atom is 0.253 e. The van der Waals surface area contributed by atoms with Crippen molar-refractivity contribution < 1.29 is 13.2 Å². The summed E-state index contributed by atoms with van der Waals surface area (Å²) in [5.74, 6) is -0.364. The summed E-state index contributed by atoms with van der Waals surface area (Å²) in [5, 5.41) is 3.19. The molecule has 7 heteroatoms. The molecule has 0 saturated heterocycles. The maximum atomic E-state index is 12.7. The number of hydrogen-bond donors (Lipinski definition) is 2. The standard InChI is InChI=1S/C19H23ClN2O3S/c1-11-8-13(3)16(9-12(11)2)14(4)21-19(23)17-10-15(6-7-18(17)20)22-26(5,24)25/h6-10,14,22H,1-5H3,(H,21,23)/t14-/m0/s1. The largest absolute Gasteiger partial charge is 0.345 e. The van der Waals surface area contributed by atoms with Crippen molar-refractivity contribution in [3.63, 3.8) is 0 Å². The Hall–Kier alpha value is -2.05. The zero-order valence-electron chi connectivity index (χ0n) is 15.5. The van der Waals surface area contributed by atoms with E-state index in [0.717, 1.165) is 22.9 Å². The average Bonchev–Trinajstić information content (AvgIpc) is 2.51. The first kappa shape index (κ1) is 20.3. The number of anilines is 1. The minimum Gasteiger partial charge on any atom is -0.345 e. The molecule has 2 N–H and O–H groups in total. The number of amides is 1. The third-order valence-electron chi connectivity index (χ3n) is 4.21. The normalized spacial score (nSPS) is 12.5. The van der Waals surface area contributed by atoms with Crippen molar-refractivity contribution in [3.05, 3.63) is 63.2 Å². The van der Waals surface area contributed by atoms with Crippen LogP contribution in [0.3, 0.4) is 0 Å². The van der Waals surface area contributed by atoms with Gasteiger partial charge in [-0.3, -0.25) is 9.52 Å². The summed E-state index contributed by atoms with van der Waals surface area (Å²) in [4.78, 5) is 12.7. The monoisotopic (exact) mass is 394 g/mol. The number of carbonyl (C=O) groups is 1. The Labute approximate surface area is 159 Å². The van der Waals surface area contributed by atoms with Crippen LogP contribution < -0.4 is 10.0 Å². The minimum atomic E-state index is -3.44. The van der Waals surface area contributed by atoms with Crippen molar-refractivity contribution in [1.29, 1.82) is 0 Å². The van der Waals surface area contributed by atoms with E-state index in [1.54, 1.807) is 0 Å². The van der Waals surface area contributed by atoms with Crippen LogP contribution >= 0.6 is 11.6 Å². The second-order valence-corrected chi connectivity index (χ2v) is 8.71. The molecule has 0 fully saturated rings. The van der Waals surface area contributed by atoms with Gasteiger partial charge in [-0.25, -0.2) is 8.42 Å². The zero-order chi connectivity index (χ0) is 19.6. The Morgan fingerprint density at radius 3 is 2.27 bits per heavy atom. The summed E-state index contributed by atoms with van der Waals surface area (Å²) >= 11 is 6.13. The van der Waals surface area contributed by atoms with Crippen molar-refractivity contribution in [2.24, 2.45) is 0 Å². The molecule has 0 spiro atoms. The van der Waals surface area contributed by atoms with E-state index in [1.807, 2.05) is 20.8 Å². The third kappa shape index (κ3) is 4.99. The number of aryl methyl sites for hydroxylation is 3. The second-order valence-electron chi connectivity index (χ2n) is 6.56. The molecule has 26 heavy (non-hydrogen) atoms. The van der Waals surface area contributed by atoms with Crippen molar-refractivity contribution in [2.75, 3.05) is 11.0 Å². The Morgan fingerprint density at radius 2 is 1.65 bits per heavy atom. The Balaban J connectivity index is 2.27. The molecule has 0 radical (unpaired) electrons. The van der Waals surface area contributed by atoms with Gasteiger partial charge in [-0.05, 0) is 68.1 Å². The molecule has 1 atom stereocenters. The SMILES string of the molecule is Cc1cc(C)c([C@H](C)NC(=O)c2cc(NS(C)(=O)=O)ccc2Cl)cc1C. The summed E-state index contributed by atoms with van der Waals surface area (Å²) in [6.07, 6.45) is 1.05. The first-order valence-corrected chi connectivity index (χ1v) is 10.4. The zero-order valence-corrected chi connectivity index (χ0v) is 17.0. The molecule has 0 unspecified atom stereocenters. The topological polar surface area (TPSA) is 75.3 Å². The van der Waals surface area contributed by atoms with Crippen molar-refractivity contribution >= 4 is 33.2 Å². The van der Waals surface area contributed by atoms with Gasteiger partial charge in [-0.2, -0.15) is 0 Å². The van der Waals surface area contributed by atoms with Crippen LogP contribution in [0, 0.1) is 20.8 Å². The first-order chi connectivity index (χ1) is 12.0. The van der Waals surface area contributed by atoms with Crippen molar-refractivity contribution in [3.8, 4) is 0 Å². The van der Waals surface area contributed by atoms with Crippen LogP contribution in [0.5, 0.6) is 0 Å². The third-order valence-corrected chi connectivity index (χ3v) is 5.15. The van der Waals surface area contributed by atoms with E-state index in [1.165, 1.54) is 23.8 Å². The van der Waals surface area contributed by atoms with Crippen LogP contribution in [0.2, 0.25) is 5.02 Å². The Kier molecular flexibility index (Phi) is 5.98. The summed E-state index contributed by atoms with van der Waals surface area (Å²) in [6.45, 7) is 8.00. The van der Waals surface area contributed by atoms with Gasteiger partial charge < -0.3 is 5.32 Å². The molecule has 0 heterocycles. The number of rotatable bonds is 5. The predicted octanol–water partition coefficient (Wildman–Crippen LogP) is 4.13. The lowest BCUT2D eigenvalue weighted by Gasteiger charge is -2.19. The van der Waals surface area contributed by atoms with E-state index in [-0.39, 0.29) is 28.2 Å². The number of carbonyl (C=O) groups excluding carboxylic acids is 1. The van der Waals surface area contributed by atoms with Crippen molar-refractivity contribution in [1.82, 2.24) is 5.32 Å². The predicted molar refractivity (Wildman–Crippen MR) is 106 cm³/mol.